The van der Waals surface area contributed by atoms with Crippen LogP contribution in [0.1, 0.15) is 6.92 Å². The van der Waals surface area contributed by atoms with Gasteiger partial charge in [-0.1, -0.05) is 24.3 Å². The molecule has 9 heteroatoms. The molecule has 142 valence electrons. The first kappa shape index (κ1) is 17.9. The van der Waals surface area contributed by atoms with Gasteiger partial charge in [-0.05, 0) is 25.1 Å². The van der Waals surface area contributed by atoms with E-state index in [1.54, 1.807) is 24.3 Å². The molecule has 0 aliphatic carbocycles. The van der Waals surface area contributed by atoms with Crippen LogP contribution in [0.5, 0.6) is 5.75 Å². The molecule has 0 amide bonds. The predicted octanol–water partition coefficient (Wildman–Crippen LogP) is 3.73. The Morgan fingerprint density at radius 2 is 1.86 bits per heavy atom. The second-order valence-electron chi connectivity index (χ2n) is 6.02. The Bertz CT molecular complexity index is 1330. The number of hydrogen-bond donors (Lipinski definition) is 0. The number of rotatable bonds is 5. The highest BCUT2D eigenvalue weighted by atomic mass is 32.2. The second kappa shape index (κ2) is 6.61. The van der Waals surface area contributed by atoms with E-state index in [0.717, 1.165) is 10.3 Å². The molecule has 0 radical (unpaired) electrons. The van der Waals surface area contributed by atoms with E-state index < -0.39 is 14.9 Å². The van der Waals surface area contributed by atoms with Crippen molar-refractivity contribution in [2.75, 3.05) is 6.61 Å². The fraction of sp³-hybridized carbons (Fsp3) is 0.105. The van der Waals surface area contributed by atoms with Crippen LogP contribution >= 0.6 is 0 Å². The molecule has 0 aliphatic heterocycles. The van der Waals surface area contributed by atoms with Gasteiger partial charge < -0.3 is 4.74 Å². The summed E-state index contributed by atoms with van der Waals surface area (Å²) in [5.41, 5.74) is 0.346. The van der Waals surface area contributed by atoms with E-state index in [-0.39, 0.29) is 21.6 Å². The van der Waals surface area contributed by atoms with Crippen LogP contribution in [0.15, 0.2) is 65.8 Å². The largest absolute Gasteiger partial charge is 0.493 e. The van der Waals surface area contributed by atoms with Gasteiger partial charge in [0.15, 0.2) is 0 Å². The molecule has 0 unspecified atom stereocenters. The average Bonchev–Trinajstić information content (AvgIpc) is 3.12. The number of benzene rings is 3. The smallest absolute Gasteiger partial charge is 0.271 e. The van der Waals surface area contributed by atoms with E-state index in [4.69, 9.17) is 4.74 Å². The number of aromatic nitrogens is 2. The van der Waals surface area contributed by atoms with Crippen molar-refractivity contribution < 1.29 is 18.1 Å². The Hall–Kier alpha value is -3.46. The summed E-state index contributed by atoms with van der Waals surface area (Å²) in [4.78, 5) is 14.5. The first-order chi connectivity index (χ1) is 13.4. The third-order valence-corrected chi connectivity index (χ3v) is 6.11. The van der Waals surface area contributed by atoms with Gasteiger partial charge in [0, 0.05) is 22.9 Å². The second-order valence-corrected chi connectivity index (χ2v) is 7.80. The summed E-state index contributed by atoms with van der Waals surface area (Å²) >= 11 is 0. The van der Waals surface area contributed by atoms with Crippen LogP contribution in [-0.2, 0) is 10.0 Å². The van der Waals surface area contributed by atoms with Gasteiger partial charge in [0.05, 0.1) is 27.5 Å². The minimum atomic E-state index is -3.98. The van der Waals surface area contributed by atoms with Crippen molar-refractivity contribution in [1.29, 1.82) is 0 Å². The maximum absolute atomic E-state index is 13.4. The molecule has 0 aliphatic rings. The van der Waals surface area contributed by atoms with Crippen molar-refractivity contribution in [2.24, 2.45) is 0 Å². The standard InChI is InChI=1S/C19H15N3O5S/c1-2-27-18-9-10-19(15-6-4-3-5-14(15)18)28(25,26)21-12-20-16-11-13(22(23)24)7-8-17(16)21/h3-12H,2H2,1H3. The molecular weight excluding hydrogens is 382 g/mol. The molecule has 0 saturated heterocycles. The topological polar surface area (TPSA) is 104 Å². The van der Waals surface area contributed by atoms with E-state index in [0.29, 0.717) is 23.1 Å². The van der Waals surface area contributed by atoms with Gasteiger partial charge in [0.2, 0.25) is 0 Å². The summed E-state index contributed by atoms with van der Waals surface area (Å²) in [7, 11) is -3.98. The van der Waals surface area contributed by atoms with E-state index >= 15 is 0 Å². The molecule has 3 aromatic carbocycles. The van der Waals surface area contributed by atoms with Crippen molar-refractivity contribution >= 4 is 37.5 Å². The van der Waals surface area contributed by atoms with Crippen molar-refractivity contribution in [1.82, 2.24) is 8.96 Å². The van der Waals surface area contributed by atoms with Crippen LogP contribution in [0, 0.1) is 10.1 Å². The van der Waals surface area contributed by atoms with Crippen LogP contribution in [0.25, 0.3) is 21.8 Å². The number of nitro benzene ring substituents is 1. The normalized spacial score (nSPS) is 11.8. The third kappa shape index (κ3) is 2.76. The molecule has 8 nitrogen and oxygen atoms in total. The van der Waals surface area contributed by atoms with Gasteiger partial charge in [-0.2, -0.15) is 0 Å². The lowest BCUT2D eigenvalue weighted by atomic mass is 10.1. The monoisotopic (exact) mass is 397 g/mol. The highest BCUT2D eigenvalue weighted by Crippen LogP contribution is 2.33. The lowest BCUT2D eigenvalue weighted by Gasteiger charge is -2.13. The van der Waals surface area contributed by atoms with Gasteiger partial charge >= 0.3 is 0 Å². The molecule has 0 saturated carbocycles. The zero-order valence-electron chi connectivity index (χ0n) is 14.8. The SMILES string of the molecule is CCOc1ccc(S(=O)(=O)n2cnc3cc([N+](=O)[O-])ccc32)c2ccccc12. The van der Waals surface area contributed by atoms with Gasteiger partial charge in [-0.25, -0.2) is 17.4 Å². The highest BCUT2D eigenvalue weighted by Gasteiger charge is 2.24. The molecule has 4 rings (SSSR count). The van der Waals surface area contributed by atoms with E-state index in [9.17, 15) is 18.5 Å². The molecule has 0 spiro atoms. The van der Waals surface area contributed by atoms with Crippen molar-refractivity contribution in [3.05, 3.63) is 71.0 Å². The van der Waals surface area contributed by atoms with E-state index in [1.165, 1.54) is 24.3 Å². The molecular formula is C19H15N3O5S. The van der Waals surface area contributed by atoms with Crippen LogP contribution in [0.4, 0.5) is 5.69 Å². The fourth-order valence-electron chi connectivity index (χ4n) is 3.14. The van der Waals surface area contributed by atoms with Crippen molar-refractivity contribution in [2.45, 2.75) is 11.8 Å². The Balaban J connectivity index is 1.94. The maximum Gasteiger partial charge on any atom is 0.271 e. The van der Waals surface area contributed by atoms with Crippen LogP contribution in [0.3, 0.4) is 0 Å². The Morgan fingerprint density at radius 1 is 1.11 bits per heavy atom. The van der Waals surface area contributed by atoms with Crippen LogP contribution < -0.4 is 4.74 Å². The summed E-state index contributed by atoms with van der Waals surface area (Å²) in [5.74, 6) is 0.600. The van der Waals surface area contributed by atoms with Gasteiger partial charge in [0.25, 0.3) is 15.7 Å². The molecule has 1 aromatic heterocycles. The van der Waals surface area contributed by atoms with Crippen LogP contribution in [-0.4, -0.2) is 28.9 Å². The Kier molecular flexibility index (Phi) is 4.23. The van der Waals surface area contributed by atoms with Gasteiger partial charge in [0.1, 0.15) is 12.1 Å². The summed E-state index contributed by atoms with van der Waals surface area (Å²) in [6.07, 6.45) is 1.16. The number of non-ortho nitro benzene ring substituents is 1. The minimum absolute atomic E-state index is 0.101. The zero-order chi connectivity index (χ0) is 19.9. The molecule has 4 aromatic rings. The summed E-state index contributed by atoms with van der Waals surface area (Å²) in [6, 6.07) is 14.1. The highest BCUT2D eigenvalue weighted by molar-refractivity contribution is 7.90. The third-order valence-electron chi connectivity index (χ3n) is 4.39. The van der Waals surface area contributed by atoms with Crippen LogP contribution in [0.2, 0.25) is 0 Å². The number of hydrogen-bond acceptors (Lipinski definition) is 6. The Labute approximate surface area is 160 Å². The first-order valence-electron chi connectivity index (χ1n) is 8.45. The van der Waals surface area contributed by atoms with Crippen molar-refractivity contribution in [3.8, 4) is 5.75 Å². The number of nitrogens with zero attached hydrogens (tertiary/aromatic N) is 3. The first-order valence-corrected chi connectivity index (χ1v) is 9.89. The quantitative estimate of drug-likeness (QED) is 0.375. The molecule has 0 atom stereocenters. The van der Waals surface area contributed by atoms with Gasteiger partial charge in [-0.15, -0.1) is 0 Å². The molecule has 28 heavy (non-hydrogen) atoms. The lowest BCUT2D eigenvalue weighted by molar-refractivity contribution is -0.384. The molecule has 0 bridgehead atoms. The van der Waals surface area contributed by atoms with Crippen molar-refractivity contribution in [3.63, 3.8) is 0 Å². The predicted molar refractivity (Wildman–Crippen MR) is 104 cm³/mol. The molecule has 0 fully saturated rings. The maximum atomic E-state index is 13.4. The molecule has 1 heterocycles. The number of nitro groups is 1. The summed E-state index contributed by atoms with van der Waals surface area (Å²) < 4.78 is 33.4. The molecule has 0 N–H and O–H groups in total. The number of ether oxygens (including phenoxy) is 1. The summed E-state index contributed by atoms with van der Waals surface area (Å²) in [6.45, 7) is 2.32. The summed E-state index contributed by atoms with van der Waals surface area (Å²) in [5, 5.41) is 12.2. The van der Waals surface area contributed by atoms with Gasteiger partial charge in [-0.3, -0.25) is 10.1 Å². The lowest BCUT2D eigenvalue weighted by Crippen LogP contribution is -2.12. The minimum Gasteiger partial charge on any atom is -0.493 e. The average molecular weight is 397 g/mol. The van der Waals surface area contributed by atoms with E-state index in [1.807, 2.05) is 13.0 Å². The zero-order valence-corrected chi connectivity index (χ0v) is 15.6. The number of imidazole rings is 1. The van der Waals surface area contributed by atoms with E-state index in [2.05, 4.69) is 4.98 Å². The Morgan fingerprint density at radius 3 is 2.57 bits per heavy atom. The fourth-order valence-corrected chi connectivity index (χ4v) is 4.63. The number of fused-ring (bicyclic) bond motifs is 2.